The molecule has 8 nitrogen and oxygen atoms in total. The van der Waals surface area contributed by atoms with Gasteiger partial charge in [-0.05, 0) is 29.7 Å². The van der Waals surface area contributed by atoms with Crippen molar-refractivity contribution in [1.82, 2.24) is 13.8 Å². The summed E-state index contributed by atoms with van der Waals surface area (Å²) in [7, 11) is -0.561. The number of hydrogen-bond acceptors (Lipinski definition) is 5. The van der Waals surface area contributed by atoms with Gasteiger partial charge in [0.05, 0.1) is 10.4 Å². The number of oxazole rings is 1. The number of fused-ring (bicyclic) bond motifs is 2. The molecule has 1 aliphatic heterocycles. The van der Waals surface area contributed by atoms with Gasteiger partial charge in [0, 0.05) is 33.3 Å². The van der Waals surface area contributed by atoms with Gasteiger partial charge in [0.2, 0.25) is 15.9 Å². The Kier molecular flexibility index (Phi) is 4.79. The van der Waals surface area contributed by atoms with Crippen molar-refractivity contribution in [2.75, 3.05) is 20.6 Å². The van der Waals surface area contributed by atoms with Crippen molar-refractivity contribution in [2.24, 2.45) is 0 Å². The maximum Gasteiger partial charge on any atom is 0.420 e. The van der Waals surface area contributed by atoms with E-state index in [0.29, 0.717) is 25.0 Å². The van der Waals surface area contributed by atoms with Crippen molar-refractivity contribution in [2.45, 2.75) is 24.4 Å². The molecule has 9 heteroatoms. The fourth-order valence-corrected chi connectivity index (χ4v) is 4.89. The number of nitrogens with zero attached hydrogens (tertiary/aromatic N) is 3. The van der Waals surface area contributed by atoms with Crippen LogP contribution in [0.2, 0.25) is 0 Å². The lowest BCUT2D eigenvalue weighted by Gasteiger charge is -2.28. The highest BCUT2D eigenvalue weighted by Gasteiger charge is 2.29. The van der Waals surface area contributed by atoms with Crippen LogP contribution in [0, 0.1) is 0 Å². The third-order valence-corrected chi connectivity index (χ3v) is 7.01. The molecule has 0 unspecified atom stereocenters. The van der Waals surface area contributed by atoms with Crippen molar-refractivity contribution in [3.05, 3.63) is 64.1 Å². The van der Waals surface area contributed by atoms with E-state index >= 15 is 0 Å². The van der Waals surface area contributed by atoms with Gasteiger partial charge in [-0.15, -0.1) is 0 Å². The summed E-state index contributed by atoms with van der Waals surface area (Å²) in [6, 6.07) is 12.1. The highest BCUT2D eigenvalue weighted by atomic mass is 32.2. The molecule has 0 saturated carbocycles. The fourth-order valence-electron chi connectivity index (χ4n) is 3.46. The van der Waals surface area contributed by atoms with Crippen molar-refractivity contribution in [1.29, 1.82) is 0 Å². The van der Waals surface area contributed by atoms with Crippen molar-refractivity contribution in [3.8, 4) is 0 Å². The molecule has 2 heterocycles. The number of amides is 1. The topological polar surface area (TPSA) is 92.8 Å². The molecule has 152 valence electrons. The molecule has 0 radical (unpaired) electrons. The van der Waals surface area contributed by atoms with E-state index in [4.69, 9.17) is 4.42 Å². The van der Waals surface area contributed by atoms with Gasteiger partial charge >= 0.3 is 5.76 Å². The van der Waals surface area contributed by atoms with Crippen LogP contribution < -0.4 is 5.76 Å². The third-order valence-electron chi connectivity index (χ3n) is 5.17. The van der Waals surface area contributed by atoms with E-state index in [9.17, 15) is 18.0 Å². The van der Waals surface area contributed by atoms with Gasteiger partial charge < -0.3 is 9.32 Å². The zero-order valence-electron chi connectivity index (χ0n) is 16.2. The smallest absolute Gasteiger partial charge is 0.408 e. The Morgan fingerprint density at radius 1 is 1.14 bits per heavy atom. The van der Waals surface area contributed by atoms with Gasteiger partial charge in [-0.2, -0.15) is 4.31 Å². The first-order valence-electron chi connectivity index (χ1n) is 9.18. The lowest BCUT2D eigenvalue weighted by molar-refractivity contribution is -0.129. The molecule has 0 atom stereocenters. The summed E-state index contributed by atoms with van der Waals surface area (Å²) in [5, 5.41) is 0. The van der Waals surface area contributed by atoms with Gasteiger partial charge in [-0.25, -0.2) is 13.2 Å². The second-order valence-electron chi connectivity index (χ2n) is 7.23. The van der Waals surface area contributed by atoms with Gasteiger partial charge in [0.1, 0.15) is 6.54 Å². The highest BCUT2D eigenvalue weighted by Crippen LogP contribution is 2.26. The molecule has 0 spiro atoms. The molecule has 0 aliphatic carbocycles. The van der Waals surface area contributed by atoms with Gasteiger partial charge in [0.15, 0.2) is 5.58 Å². The largest absolute Gasteiger partial charge is 0.420 e. The highest BCUT2D eigenvalue weighted by molar-refractivity contribution is 7.89. The van der Waals surface area contributed by atoms with Crippen molar-refractivity contribution in [3.63, 3.8) is 0 Å². The van der Waals surface area contributed by atoms with Crippen LogP contribution in [-0.2, 0) is 34.3 Å². The minimum absolute atomic E-state index is 0.0595. The number of rotatable bonds is 4. The summed E-state index contributed by atoms with van der Waals surface area (Å²) < 4.78 is 34.1. The molecular weight excluding hydrogens is 394 g/mol. The van der Waals surface area contributed by atoms with E-state index in [1.807, 2.05) is 24.3 Å². The predicted molar refractivity (Wildman–Crippen MR) is 107 cm³/mol. The second-order valence-corrected chi connectivity index (χ2v) is 9.17. The van der Waals surface area contributed by atoms with Crippen LogP contribution in [0.4, 0.5) is 0 Å². The molecule has 0 N–H and O–H groups in total. The van der Waals surface area contributed by atoms with E-state index in [2.05, 4.69) is 0 Å². The first-order valence-corrected chi connectivity index (χ1v) is 10.6. The quantitative estimate of drug-likeness (QED) is 0.643. The van der Waals surface area contributed by atoms with E-state index in [-0.39, 0.29) is 22.9 Å². The number of sulfonamides is 1. The minimum atomic E-state index is -3.75. The van der Waals surface area contributed by atoms with Gasteiger partial charge in [0.25, 0.3) is 0 Å². The number of carbonyl (C=O) groups is 1. The Labute approximate surface area is 168 Å². The summed E-state index contributed by atoms with van der Waals surface area (Å²) in [5.41, 5.74) is 2.67. The number of likely N-dealkylation sites (N-methyl/N-ethyl adjacent to an activating group) is 1. The molecular formula is C20H21N3O5S. The molecule has 1 aromatic heterocycles. The van der Waals surface area contributed by atoms with Crippen LogP contribution in [0.3, 0.4) is 0 Å². The molecule has 0 fully saturated rings. The summed E-state index contributed by atoms with van der Waals surface area (Å²) in [5.74, 6) is -0.963. The number of carbonyl (C=O) groups excluding carboxylic acids is 1. The third kappa shape index (κ3) is 3.47. The van der Waals surface area contributed by atoms with Gasteiger partial charge in [-0.3, -0.25) is 9.36 Å². The Bertz CT molecular complexity index is 1260. The molecule has 29 heavy (non-hydrogen) atoms. The predicted octanol–water partition coefficient (Wildman–Crippen LogP) is 1.43. The van der Waals surface area contributed by atoms with Crippen molar-refractivity contribution >= 4 is 27.0 Å². The summed E-state index contributed by atoms with van der Waals surface area (Å²) in [6.45, 7) is 0.520. The number of benzene rings is 2. The van der Waals surface area contributed by atoms with Crippen molar-refractivity contribution < 1.29 is 17.6 Å². The molecule has 4 rings (SSSR count). The average Bonchev–Trinajstić information content (AvgIpc) is 3.01. The Hall–Kier alpha value is -2.91. The Morgan fingerprint density at radius 3 is 2.59 bits per heavy atom. The summed E-state index contributed by atoms with van der Waals surface area (Å²) >= 11 is 0. The molecule has 2 aromatic carbocycles. The van der Waals surface area contributed by atoms with Crippen LogP contribution in [0.25, 0.3) is 11.1 Å². The second kappa shape index (κ2) is 7.16. The average molecular weight is 415 g/mol. The van der Waals surface area contributed by atoms with Crippen LogP contribution in [0.1, 0.15) is 11.1 Å². The van der Waals surface area contributed by atoms with E-state index < -0.39 is 15.8 Å². The summed E-state index contributed by atoms with van der Waals surface area (Å²) in [4.78, 5) is 25.6. The molecule has 0 bridgehead atoms. The van der Waals surface area contributed by atoms with Crippen LogP contribution in [0.5, 0.6) is 0 Å². The van der Waals surface area contributed by atoms with E-state index in [0.717, 1.165) is 11.1 Å². The van der Waals surface area contributed by atoms with E-state index in [1.165, 1.54) is 32.0 Å². The zero-order valence-corrected chi connectivity index (χ0v) is 17.0. The maximum absolute atomic E-state index is 13.1. The lowest BCUT2D eigenvalue weighted by Crippen LogP contribution is -2.35. The monoisotopic (exact) mass is 415 g/mol. The minimum Gasteiger partial charge on any atom is -0.408 e. The van der Waals surface area contributed by atoms with Crippen LogP contribution in [-0.4, -0.2) is 48.7 Å². The number of hydrogen-bond donors (Lipinski definition) is 0. The number of aromatic nitrogens is 1. The first-order chi connectivity index (χ1) is 13.8. The molecule has 0 saturated heterocycles. The summed E-state index contributed by atoms with van der Waals surface area (Å²) in [6.07, 6.45) is 0.649. The molecule has 1 amide bonds. The van der Waals surface area contributed by atoms with E-state index in [1.54, 1.807) is 14.1 Å². The normalized spacial score (nSPS) is 14.7. The Morgan fingerprint density at radius 2 is 1.86 bits per heavy atom. The molecule has 1 aliphatic rings. The SMILES string of the molecule is CN(C)C(=O)Cn1c(=O)oc2cc(S(=O)(=O)N3CCc4ccccc4C3)ccc21. The fraction of sp³-hybridized carbons (Fsp3) is 0.300. The standard InChI is InChI=1S/C20H21N3O5S/c1-21(2)19(24)13-23-17-8-7-16(11-18(17)28-20(23)25)29(26,27)22-10-9-14-5-3-4-6-15(14)12-22/h3-8,11H,9-10,12-13H2,1-2H3. The zero-order chi connectivity index (χ0) is 20.8. The Balaban J connectivity index is 1.68. The lowest BCUT2D eigenvalue weighted by atomic mass is 10.0. The maximum atomic E-state index is 13.1. The first kappa shape index (κ1) is 19.4. The van der Waals surface area contributed by atoms with Crippen LogP contribution in [0.15, 0.2) is 56.6 Å². The van der Waals surface area contributed by atoms with Gasteiger partial charge in [-0.1, -0.05) is 24.3 Å². The molecule has 3 aromatic rings. The van der Waals surface area contributed by atoms with Crippen LogP contribution >= 0.6 is 0 Å².